The van der Waals surface area contributed by atoms with E-state index in [0.29, 0.717) is 0 Å². The average Bonchev–Trinajstić information content (AvgIpc) is 2.23. The molecule has 1 N–H and O–H groups in total. The fourth-order valence-electron chi connectivity index (χ4n) is 2.85. The molecule has 1 nitrogen and oxygen atoms in total. The van der Waals surface area contributed by atoms with E-state index in [0.717, 1.165) is 17.8 Å². The molecule has 1 aliphatic carbocycles. The van der Waals surface area contributed by atoms with Gasteiger partial charge in [-0.1, -0.05) is 46.5 Å². The second-order valence-corrected chi connectivity index (χ2v) is 6.23. The molecule has 0 aliphatic heterocycles. The molecule has 2 atom stereocenters. The quantitative estimate of drug-likeness (QED) is 0.639. The Morgan fingerprint density at radius 3 is 2.69 bits per heavy atom. The van der Waals surface area contributed by atoms with E-state index in [1.54, 1.807) is 0 Å². The highest BCUT2D eigenvalue weighted by Gasteiger charge is 2.17. The Balaban J connectivity index is 1.90. The van der Waals surface area contributed by atoms with Crippen LogP contribution in [0.2, 0.25) is 0 Å². The zero-order chi connectivity index (χ0) is 11.8. The van der Waals surface area contributed by atoms with Gasteiger partial charge in [-0.05, 0) is 50.1 Å². The van der Waals surface area contributed by atoms with Gasteiger partial charge in [0, 0.05) is 0 Å². The Labute approximate surface area is 102 Å². The molecule has 0 spiro atoms. The van der Waals surface area contributed by atoms with E-state index in [1.165, 1.54) is 58.0 Å². The van der Waals surface area contributed by atoms with Crippen LogP contribution in [0, 0.1) is 17.8 Å². The van der Waals surface area contributed by atoms with Crippen LogP contribution in [0.5, 0.6) is 0 Å². The van der Waals surface area contributed by atoms with Crippen molar-refractivity contribution in [3.8, 4) is 0 Å². The van der Waals surface area contributed by atoms with Gasteiger partial charge in [0.1, 0.15) is 0 Å². The summed E-state index contributed by atoms with van der Waals surface area (Å²) < 4.78 is 0. The Bertz CT molecular complexity index is 165. The third-order valence-corrected chi connectivity index (χ3v) is 3.86. The van der Waals surface area contributed by atoms with Crippen LogP contribution in [-0.2, 0) is 0 Å². The van der Waals surface area contributed by atoms with Gasteiger partial charge < -0.3 is 5.32 Å². The molecule has 16 heavy (non-hydrogen) atoms. The van der Waals surface area contributed by atoms with Crippen molar-refractivity contribution >= 4 is 0 Å². The third kappa shape index (κ3) is 6.52. The maximum absolute atomic E-state index is 3.65. The van der Waals surface area contributed by atoms with Crippen molar-refractivity contribution in [1.29, 1.82) is 0 Å². The van der Waals surface area contributed by atoms with Crippen LogP contribution in [0.1, 0.15) is 65.7 Å². The summed E-state index contributed by atoms with van der Waals surface area (Å²) in [5, 5.41) is 3.65. The summed E-state index contributed by atoms with van der Waals surface area (Å²) in [6, 6.07) is 0. The number of hydrogen-bond donors (Lipinski definition) is 1. The molecule has 1 rings (SSSR count). The van der Waals surface area contributed by atoms with Crippen molar-refractivity contribution in [2.75, 3.05) is 13.1 Å². The Hall–Kier alpha value is -0.0400. The van der Waals surface area contributed by atoms with Crippen LogP contribution in [-0.4, -0.2) is 13.1 Å². The molecule has 0 aromatic rings. The van der Waals surface area contributed by atoms with Crippen LogP contribution in [0.25, 0.3) is 0 Å². The molecule has 0 amide bonds. The molecule has 0 radical (unpaired) electrons. The highest BCUT2D eigenvalue weighted by molar-refractivity contribution is 4.72. The van der Waals surface area contributed by atoms with Crippen molar-refractivity contribution in [2.24, 2.45) is 17.8 Å². The maximum Gasteiger partial charge on any atom is -0.00204 e. The molecule has 0 aromatic heterocycles. The number of nitrogens with one attached hydrogen (secondary N) is 1. The topological polar surface area (TPSA) is 12.0 Å². The Morgan fingerprint density at radius 2 is 2.00 bits per heavy atom. The first kappa shape index (κ1) is 14.0. The number of rotatable bonds is 7. The minimum absolute atomic E-state index is 0.874. The highest BCUT2D eigenvalue weighted by Crippen LogP contribution is 2.27. The molecule has 2 unspecified atom stereocenters. The summed E-state index contributed by atoms with van der Waals surface area (Å²) >= 11 is 0. The van der Waals surface area contributed by atoms with E-state index in [1.807, 2.05) is 0 Å². The molecule has 1 heteroatoms. The molecule has 0 bridgehead atoms. The predicted molar refractivity (Wildman–Crippen MR) is 72.7 cm³/mol. The molecule has 0 saturated heterocycles. The first-order chi connectivity index (χ1) is 7.68. The van der Waals surface area contributed by atoms with Gasteiger partial charge in [-0.15, -0.1) is 0 Å². The van der Waals surface area contributed by atoms with Crippen molar-refractivity contribution in [3.63, 3.8) is 0 Å². The van der Waals surface area contributed by atoms with Crippen LogP contribution >= 0.6 is 0 Å². The van der Waals surface area contributed by atoms with E-state index in [9.17, 15) is 0 Å². The summed E-state index contributed by atoms with van der Waals surface area (Å²) in [4.78, 5) is 0. The smallest absolute Gasteiger partial charge is 0.00204 e. The van der Waals surface area contributed by atoms with E-state index in [-0.39, 0.29) is 0 Å². The molecule has 0 heterocycles. The van der Waals surface area contributed by atoms with Crippen LogP contribution in [0.15, 0.2) is 0 Å². The summed E-state index contributed by atoms with van der Waals surface area (Å²) in [6.07, 6.45) is 9.99. The molecule has 96 valence electrons. The number of hydrogen-bond acceptors (Lipinski definition) is 1. The Kier molecular flexibility index (Phi) is 7.11. The minimum Gasteiger partial charge on any atom is -0.316 e. The number of unbranched alkanes of at least 4 members (excludes halogenated alkanes) is 1. The lowest BCUT2D eigenvalue weighted by Gasteiger charge is -2.26. The van der Waals surface area contributed by atoms with E-state index in [4.69, 9.17) is 0 Å². The van der Waals surface area contributed by atoms with Gasteiger partial charge in [-0.2, -0.15) is 0 Å². The first-order valence-electron chi connectivity index (χ1n) is 7.39. The van der Waals surface area contributed by atoms with Gasteiger partial charge in [0.2, 0.25) is 0 Å². The van der Waals surface area contributed by atoms with Crippen molar-refractivity contribution in [3.05, 3.63) is 0 Å². The van der Waals surface area contributed by atoms with E-state index < -0.39 is 0 Å². The molecule has 0 aromatic carbocycles. The van der Waals surface area contributed by atoms with Gasteiger partial charge in [-0.25, -0.2) is 0 Å². The third-order valence-electron chi connectivity index (χ3n) is 3.86. The fourth-order valence-corrected chi connectivity index (χ4v) is 2.85. The SMILES string of the molecule is CC(C)CCCCNCC1CCCC(C)C1. The molecule has 1 aliphatic rings. The van der Waals surface area contributed by atoms with Crippen LogP contribution in [0.3, 0.4) is 0 Å². The molecule has 1 fully saturated rings. The molecular weight excluding hydrogens is 194 g/mol. The summed E-state index contributed by atoms with van der Waals surface area (Å²) in [5.41, 5.74) is 0. The summed E-state index contributed by atoms with van der Waals surface area (Å²) in [6.45, 7) is 9.55. The Morgan fingerprint density at radius 1 is 1.19 bits per heavy atom. The largest absolute Gasteiger partial charge is 0.316 e. The molecular formula is C15H31N. The lowest BCUT2D eigenvalue weighted by molar-refractivity contribution is 0.274. The van der Waals surface area contributed by atoms with Gasteiger partial charge in [-0.3, -0.25) is 0 Å². The van der Waals surface area contributed by atoms with E-state index >= 15 is 0 Å². The lowest BCUT2D eigenvalue weighted by Crippen LogP contribution is -2.27. The standard InChI is InChI=1S/C15H31N/c1-13(2)7-4-5-10-16-12-15-9-6-8-14(3)11-15/h13-16H,4-12H2,1-3H3. The normalized spacial score (nSPS) is 26.2. The van der Waals surface area contributed by atoms with Crippen molar-refractivity contribution in [2.45, 2.75) is 65.7 Å². The molecule has 1 saturated carbocycles. The first-order valence-corrected chi connectivity index (χ1v) is 7.39. The van der Waals surface area contributed by atoms with Crippen LogP contribution in [0.4, 0.5) is 0 Å². The highest BCUT2D eigenvalue weighted by atomic mass is 14.9. The van der Waals surface area contributed by atoms with Gasteiger partial charge in [0.25, 0.3) is 0 Å². The predicted octanol–water partition coefficient (Wildman–Crippen LogP) is 4.23. The van der Waals surface area contributed by atoms with Gasteiger partial charge in [0.05, 0.1) is 0 Å². The summed E-state index contributed by atoms with van der Waals surface area (Å²) in [7, 11) is 0. The lowest BCUT2D eigenvalue weighted by atomic mass is 9.82. The second-order valence-electron chi connectivity index (χ2n) is 6.23. The van der Waals surface area contributed by atoms with Crippen LogP contribution < -0.4 is 5.32 Å². The van der Waals surface area contributed by atoms with E-state index in [2.05, 4.69) is 26.1 Å². The second kappa shape index (κ2) is 8.11. The summed E-state index contributed by atoms with van der Waals surface area (Å²) in [5.74, 6) is 2.81. The van der Waals surface area contributed by atoms with Gasteiger partial charge >= 0.3 is 0 Å². The zero-order valence-electron chi connectivity index (χ0n) is 11.6. The maximum atomic E-state index is 3.65. The monoisotopic (exact) mass is 225 g/mol. The van der Waals surface area contributed by atoms with Crippen molar-refractivity contribution in [1.82, 2.24) is 5.32 Å². The zero-order valence-corrected chi connectivity index (χ0v) is 11.6. The van der Waals surface area contributed by atoms with Gasteiger partial charge in [0.15, 0.2) is 0 Å². The average molecular weight is 225 g/mol. The minimum atomic E-state index is 0.874. The fraction of sp³-hybridized carbons (Fsp3) is 1.00. The van der Waals surface area contributed by atoms with Crippen molar-refractivity contribution < 1.29 is 0 Å².